The molecule has 0 aliphatic heterocycles. The second kappa shape index (κ2) is 12.3. The molecule has 0 bridgehead atoms. The van der Waals surface area contributed by atoms with Crippen molar-refractivity contribution in [1.82, 2.24) is 10.7 Å². The zero-order valence-corrected chi connectivity index (χ0v) is 21.0. The fourth-order valence-corrected chi connectivity index (χ4v) is 3.16. The van der Waals surface area contributed by atoms with Crippen LogP contribution in [-0.4, -0.2) is 29.8 Å². The summed E-state index contributed by atoms with van der Waals surface area (Å²) < 4.78 is 5.48. The fourth-order valence-electron chi connectivity index (χ4n) is 3.16. The first kappa shape index (κ1) is 26.9. The van der Waals surface area contributed by atoms with Crippen LogP contribution < -0.4 is 21.4 Å². The maximum atomic E-state index is 12.1. The van der Waals surface area contributed by atoms with Gasteiger partial charge in [0.15, 0.2) is 0 Å². The van der Waals surface area contributed by atoms with Crippen molar-refractivity contribution in [3.63, 3.8) is 0 Å². The number of carbonyl (C=O) groups excluding carboxylic acids is 4. The normalized spacial score (nSPS) is 10.8. The minimum absolute atomic E-state index is 0.0304. The van der Waals surface area contributed by atoms with E-state index in [-0.39, 0.29) is 12.3 Å². The van der Waals surface area contributed by atoms with Crippen LogP contribution in [0.5, 0.6) is 0 Å². The Morgan fingerprint density at radius 3 is 2.14 bits per heavy atom. The summed E-state index contributed by atoms with van der Waals surface area (Å²) in [7, 11) is 0. The lowest BCUT2D eigenvalue weighted by atomic mass is 10.0. The van der Waals surface area contributed by atoms with Gasteiger partial charge in [-0.15, -0.1) is 0 Å². The van der Waals surface area contributed by atoms with Crippen LogP contribution in [0.3, 0.4) is 0 Å². The molecule has 3 aromatic rings. The van der Waals surface area contributed by atoms with Gasteiger partial charge in [0.1, 0.15) is 11.5 Å². The van der Waals surface area contributed by atoms with E-state index in [9.17, 15) is 19.2 Å². The van der Waals surface area contributed by atoms with E-state index in [1.807, 2.05) is 32.0 Å². The van der Waals surface area contributed by atoms with Crippen molar-refractivity contribution < 1.29 is 23.6 Å². The molecule has 192 valence electrons. The molecule has 0 spiro atoms. The first-order valence-corrected chi connectivity index (χ1v) is 11.6. The Bertz CT molecular complexity index is 1330. The minimum Gasteiger partial charge on any atom is -0.458 e. The molecule has 1 aromatic heterocycles. The number of aryl methyl sites for hydroxylation is 2. The third-order valence-electron chi connectivity index (χ3n) is 5.48. The van der Waals surface area contributed by atoms with Gasteiger partial charge >= 0.3 is 23.6 Å². The lowest BCUT2D eigenvalue weighted by molar-refractivity contribution is -0.136. The molecule has 0 aliphatic carbocycles. The van der Waals surface area contributed by atoms with Crippen LogP contribution in [0.2, 0.25) is 0 Å². The largest absolute Gasteiger partial charge is 0.458 e. The number of hydrogen-bond donors (Lipinski definition) is 4. The zero-order valence-electron chi connectivity index (χ0n) is 21.0. The average molecular weight is 504 g/mol. The number of hydrogen-bond acceptors (Lipinski definition) is 6. The Kier molecular flexibility index (Phi) is 8.93. The third kappa shape index (κ3) is 7.89. The summed E-state index contributed by atoms with van der Waals surface area (Å²) in [6, 6.07) is 15.7. The van der Waals surface area contributed by atoms with Crippen molar-refractivity contribution in [2.75, 3.05) is 10.6 Å². The van der Waals surface area contributed by atoms with Gasteiger partial charge in [0.2, 0.25) is 0 Å². The molecule has 0 atom stereocenters. The van der Waals surface area contributed by atoms with Crippen LogP contribution in [0.15, 0.2) is 64.1 Å². The summed E-state index contributed by atoms with van der Waals surface area (Å²) in [5.74, 6) is -2.44. The minimum atomic E-state index is -0.946. The lowest BCUT2D eigenvalue weighted by Gasteiger charge is -2.07. The quantitative estimate of drug-likeness (QED) is 0.222. The van der Waals surface area contributed by atoms with E-state index in [4.69, 9.17) is 4.42 Å². The van der Waals surface area contributed by atoms with Crippen molar-refractivity contribution in [3.8, 4) is 0 Å². The molecule has 10 heteroatoms. The molecule has 0 saturated carbocycles. The van der Waals surface area contributed by atoms with E-state index in [1.54, 1.807) is 36.4 Å². The lowest BCUT2D eigenvalue weighted by Crippen LogP contribution is -2.34. The smallest absolute Gasteiger partial charge is 0.329 e. The Balaban J connectivity index is 1.43. The van der Waals surface area contributed by atoms with Gasteiger partial charge in [0.05, 0.1) is 12.8 Å². The van der Waals surface area contributed by atoms with Crippen molar-refractivity contribution in [3.05, 3.63) is 82.8 Å². The highest BCUT2D eigenvalue weighted by Gasteiger charge is 2.15. The van der Waals surface area contributed by atoms with E-state index in [2.05, 4.69) is 40.3 Å². The summed E-state index contributed by atoms with van der Waals surface area (Å²) >= 11 is 0. The number of nitrogens with zero attached hydrogens (tertiary/aromatic N) is 1. The summed E-state index contributed by atoms with van der Waals surface area (Å²) in [6.07, 6.45) is 1.21. The highest BCUT2D eigenvalue weighted by Crippen LogP contribution is 2.17. The molecular weight excluding hydrogens is 474 g/mol. The molecule has 0 fully saturated rings. The summed E-state index contributed by atoms with van der Waals surface area (Å²) in [6.45, 7) is 7.95. The number of benzene rings is 2. The SMILES string of the molecule is Cc1ccc(NC(=O)C(=O)NCc2ccc(/C=N/NC(=O)C(=O)Nc3ccc(C(C)C)cc3)o2)cc1C. The molecule has 1 heterocycles. The standard InChI is InChI=1S/C27H29N5O5/c1-16(2)19-6-9-20(10-7-19)30-26(35)27(36)32-29-15-23-12-11-22(37-23)14-28-24(33)25(34)31-21-8-5-17(3)18(4)13-21/h5-13,15-16H,14H2,1-4H3,(H,28,33)(H,30,35)(H,31,34)(H,32,36)/b29-15+. The number of amides is 4. The topological polar surface area (TPSA) is 142 Å². The predicted octanol–water partition coefficient (Wildman–Crippen LogP) is 3.36. The van der Waals surface area contributed by atoms with Gasteiger partial charge in [-0.05, 0) is 72.9 Å². The number of furan rings is 1. The molecule has 0 radical (unpaired) electrons. The highest BCUT2D eigenvalue weighted by molar-refractivity contribution is 6.40. The first-order valence-electron chi connectivity index (χ1n) is 11.6. The van der Waals surface area contributed by atoms with Crippen LogP contribution in [0.25, 0.3) is 0 Å². The maximum absolute atomic E-state index is 12.1. The number of rotatable bonds is 7. The molecule has 4 amide bonds. The first-order chi connectivity index (χ1) is 17.6. The number of anilines is 2. The van der Waals surface area contributed by atoms with Crippen molar-refractivity contribution >= 4 is 41.2 Å². The zero-order chi connectivity index (χ0) is 26.9. The molecule has 2 aromatic carbocycles. The van der Waals surface area contributed by atoms with Crippen LogP contribution >= 0.6 is 0 Å². The molecule has 0 aliphatic rings. The molecule has 10 nitrogen and oxygen atoms in total. The predicted molar refractivity (Wildman–Crippen MR) is 140 cm³/mol. The maximum Gasteiger partial charge on any atom is 0.329 e. The summed E-state index contributed by atoms with van der Waals surface area (Å²) in [5.41, 5.74) is 6.33. The monoisotopic (exact) mass is 503 g/mol. The Hall–Kier alpha value is -4.73. The fraction of sp³-hybridized carbons (Fsp3) is 0.222. The average Bonchev–Trinajstić information content (AvgIpc) is 3.32. The second-order valence-corrected chi connectivity index (χ2v) is 8.67. The van der Waals surface area contributed by atoms with E-state index in [0.29, 0.717) is 23.1 Å². The van der Waals surface area contributed by atoms with E-state index in [0.717, 1.165) is 16.7 Å². The van der Waals surface area contributed by atoms with Crippen LogP contribution in [-0.2, 0) is 25.7 Å². The molecule has 3 rings (SSSR count). The van der Waals surface area contributed by atoms with Gasteiger partial charge in [-0.25, -0.2) is 5.43 Å². The number of nitrogens with one attached hydrogen (secondary N) is 4. The number of hydrazone groups is 1. The molecule has 37 heavy (non-hydrogen) atoms. The molecular formula is C27H29N5O5. The summed E-state index contributed by atoms with van der Waals surface area (Å²) in [5, 5.41) is 11.2. The van der Waals surface area contributed by atoms with Gasteiger partial charge in [-0.3, -0.25) is 19.2 Å². The highest BCUT2D eigenvalue weighted by atomic mass is 16.3. The summed E-state index contributed by atoms with van der Waals surface area (Å²) in [4.78, 5) is 48.2. The van der Waals surface area contributed by atoms with Gasteiger partial charge in [-0.2, -0.15) is 5.10 Å². The molecule has 0 unspecified atom stereocenters. The second-order valence-electron chi connectivity index (χ2n) is 8.67. The van der Waals surface area contributed by atoms with Crippen molar-refractivity contribution in [1.29, 1.82) is 0 Å². The molecule has 0 saturated heterocycles. The van der Waals surface area contributed by atoms with Gasteiger partial charge in [0, 0.05) is 11.4 Å². The van der Waals surface area contributed by atoms with E-state index >= 15 is 0 Å². The van der Waals surface area contributed by atoms with E-state index in [1.165, 1.54) is 6.21 Å². The third-order valence-corrected chi connectivity index (χ3v) is 5.48. The van der Waals surface area contributed by atoms with Crippen LogP contribution in [0.4, 0.5) is 11.4 Å². The Labute approximate surface area is 214 Å². The van der Waals surface area contributed by atoms with Crippen LogP contribution in [0.1, 0.15) is 48.0 Å². The van der Waals surface area contributed by atoms with Gasteiger partial charge < -0.3 is 20.4 Å². The van der Waals surface area contributed by atoms with Crippen LogP contribution in [0, 0.1) is 13.8 Å². The van der Waals surface area contributed by atoms with Gasteiger partial charge in [-0.1, -0.05) is 32.0 Å². The van der Waals surface area contributed by atoms with E-state index < -0.39 is 23.6 Å². The number of carbonyl (C=O) groups is 4. The van der Waals surface area contributed by atoms with Crippen molar-refractivity contribution in [2.24, 2.45) is 5.10 Å². The van der Waals surface area contributed by atoms with Gasteiger partial charge in [0.25, 0.3) is 0 Å². The van der Waals surface area contributed by atoms with Crippen molar-refractivity contribution in [2.45, 2.75) is 40.2 Å². The Morgan fingerprint density at radius 1 is 0.811 bits per heavy atom. The Morgan fingerprint density at radius 2 is 1.46 bits per heavy atom. The molecule has 4 N–H and O–H groups in total.